The number of carboxylic acids is 1. The monoisotopic (exact) mass is 678 g/mol. The number of rotatable bonds is 9. The van der Waals surface area contributed by atoms with Crippen LogP contribution in [0.3, 0.4) is 0 Å². The summed E-state index contributed by atoms with van der Waals surface area (Å²) < 4.78 is 46.4. The summed E-state index contributed by atoms with van der Waals surface area (Å²) in [5.74, 6) is -0.229. The second kappa shape index (κ2) is 14.6. The smallest absolute Gasteiger partial charge is 0.335 e. The molecule has 0 aliphatic carbocycles. The van der Waals surface area contributed by atoms with E-state index in [4.69, 9.17) is 28.7 Å². The first-order valence-electron chi connectivity index (χ1n) is 16.4. The van der Waals surface area contributed by atoms with Crippen molar-refractivity contribution in [2.24, 2.45) is 0 Å². The van der Waals surface area contributed by atoms with Crippen molar-refractivity contribution < 1.29 is 38.0 Å². The van der Waals surface area contributed by atoms with Crippen LogP contribution < -0.4 is 9.47 Å². The number of carboxylic acid groups (broad SMARTS) is 1. The van der Waals surface area contributed by atoms with Crippen molar-refractivity contribution >= 4 is 17.0 Å². The number of benzene rings is 3. The van der Waals surface area contributed by atoms with Crippen molar-refractivity contribution in [1.29, 1.82) is 5.26 Å². The van der Waals surface area contributed by atoms with Gasteiger partial charge >= 0.3 is 5.97 Å². The number of hydrogen-bond acceptors (Lipinski definition) is 9. The number of hydrogen-bond donors (Lipinski definition) is 1. The molecule has 2 aromatic heterocycles. The summed E-state index contributed by atoms with van der Waals surface area (Å²) in [5.41, 5.74) is 6.06. The number of nitriles is 1. The Kier molecular flexibility index (Phi) is 9.71. The van der Waals surface area contributed by atoms with E-state index in [1.54, 1.807) is 19.2 Å². The van der Waals surface area contributed by atoms with Crippen LogP contribution in [-0.4, -0.2) is 65.3 Å². The largest absolute Gasteiger partial charge is 0.489 e. The number of nitrogens with zero attached hydrogens (tertiary/aromatic N) is 4. The molecule has 0 radical (unpaired) electrons. The summed E-state index contributed by atoms with van der Waals surface area (Å²) in [7, 11) is 1.57. The molecule has 0 saturated carbocycles. The summed E-state index contributed by atoms with van der Waals surface area (Å²) in [4.78, 5) is 21.7. The van der Waals surface area contributed by atoms with Crippen LogP contribution in [0.15, 0.2) is 60.7 Å². The predicted molar refractivity (Wildman–Crippen MR) is 180 cm³/mol. The highest BCUT2D eigenvalue weighted by atomic mass is 19.1. The summed E-state index contributed by atoms with van der Waals surface area (Å²) in [6, 6.07) is 19.2. The van der Waals surface area contributed by atoms with Gasteiger partial charge in [-0.1, -0.05) is 18.2 Å². The van der Waals surface area contributed by atoms with E-state index >= 15 is 4.39 Å². The normalized spacial score (nSPS) is 15.7. The molecule has 1 N–H and O–H groups in total. The summed E-state index contributed by atoms with van der Waals surface area (Å²) in [5, 5.41) is 19.4. The predicted octanol–water partition coefficient (Wildman–Crippen LogP) is 5.86. The SMILES string of the molecule is COCCOc1cc(C(=O)O)cc2c1nc(Cc1ccc3cc1COCCc1cc(C#N)ccc1COc1ccc(F)c-3n1)n2C[C@@H]1CCO1. The van der Waals surface area contributed by atoms with Crippen LogP contribution in [0.5, 0.6) is 11.6 Å². The zero-order valence-electron chi connectivity index (χ0n) is 27.5. The Morgan fingerprint density at radius 1 is 1.04 bits per heavy atom. The summed E-state index contributed by atoms with van der Waals surface area (Å²) in [6.07, 6.45) is 1.77. The quantitative estimate of drug-likeness (QED) is 0.189. The highest BCUT2D eigenvalue weighted by molar-refractivity contribution is 5.95. The van der Waals surface area contributed by atoms with Crippen LogP contribution >= 0.6 is 0 Å². The highest BCUT2D eigenvalue weighted by Crippen LogP contribution is 2.33. The zero-order valence-corrected chi connectivity index (χ0v) is 27.5. The van der Waals surface area contributed by atoms with Gasteiger partial charge in [-0.25, -0.2) is 19.2 Å². The molecule has 12 heteroatoms. The molecule has 4 bridgehead atoms. The van der Waals surface area contributed by atoms with Crippen LogP contribution in [0.1, 0.15) is 50.4 Å². The second-order valence-corrected chi connectivity index (χ2v) is 12.2. The van der Waals surface area contributed by atoms with E-state index in [9.17, 15) is 15.2 Å². The first-order chi connectivity index (χ1) is 24.4. The molecule has 50 heavy (non-hydrogen) atoms. The molecule has 1 atom stereocenters. The molecule has 1 saturated heterocycles. The number of aromatic carboxylic acids is 1. The topological polar surface area (TPSA) is 138 Å². The van der Waals surface area contributed by atoms with Crippen molar-refractivity contribution in [3.63, 3.8) is 0 Å². The molecule has 5 aromatic rings. The Morgan fingerprint density at radius 3 is 2.70 bits per heavy atom. The van der Waals surface area contributed by atoms with E-state index in [0.717, 1.165) is 28.7 Å². The lowest BCUT2D eigenvalue weighted by Crippen LogP contribution is -2.31. The number of halogens is 1. The fourth-order valence-corrected chi connectivity index (χ4v) is 6.22. The van der Waals surface area contributed by atoms with E-state index in [-0.39, 0.29) is 43.1 Å². The third kappa shape index (κ3) is 7.02. The third-order valence-corrected chi connectivity index (χ3v) is 9.00. The first kappa shape index (κ1) is 33.2. The van der Waals surface area contributed by atoms with Crippen molar-refractivity contribution in [1.82, 2.24) is 14.5 Å². The molecule has 11 nitrogen and oxygen atoms in total. The van der Waals surface area contributed by atoms with Gasteiger partial charge in [0.15, 0.2) is 0 Å². The van der Waals surface area contributed by atoms with Crippen molar-refractivity contribution in [3.8, 4) is 29.0 Å². The maximum absolute atomic E-state index is 15.2. The maximum Gasteiger partial charge on any atom is 0.335 e. The fraction of sp³-hybridized carbons (Fsp3) is 0.316. The molecular formula is C38H35FN4O7. The molecule has 256 valence electrons. The molecule has 0 spiro atoms. The van der Waals surface area contributed by atoms with Gasteiger partial charge in [0.25, 0.3) is 0 Å². The third-order valence-electron chi connectivity index (χ3n) is 9.00. The molecule has 7 rings (SSSR count). The number of carbonyl (C=O) groups is 1. The van der Waals surface area contributed by atoms with Crippen LogP contribution in [-0.2, 0) is 46.8 Å². The first-order valence-corrected chi connectivity index (χ1v) is 16.4. The average molecular weight is 679 g/mol. The van der Waals surface area contributed by atoms with Crippen LogP contribution in [0, 0.1) is 17.1 Å². The second-order valence-electron chi connectivity index (χ2n) is 12.2. The van der Waals surface area contributed by atoms with E-state index in [1.165, 1.54) is 18.2 Å². The molecule has 1 fully saturated rings. The Morgan fingerprint density at radius 2 is 1.92 bits per heavy atom. The average Bonchev–Trinajstić information content (AvgIpc) is 3.45. The lowest BCUT2D eigenvalue weighted by Gasteiger charge is -2.27. The zero-order chi connectivity index (χ0) is 34.6. The van der Waals surface area contributed by atoms with Gasteiger partial charge in [0.1, 0.15) is 41.8 Å². The van der Waals surface area contributed by atoms with Crippen LogP contribution in [0.25, 0.3) is 22.3 Å². The molecular weight excluding hydrogens is 643 g/mol. The van der Waals surface area contributed by atoms with Gasteiger partial charge in [-0.15, -0.1) is 0 Å². The van der Waals surface area contributed by atoms with Crippen LogP contribution in [0.4, 0.5) is 4.39 Å². The minimum Gasteiger partial charge on any atom is -0.489 e. The number of imidazole rings is 1. The minimum absolute atomic E-state index is 0.0331. The molecule has 3 aromatic carbocycles. The van der Waals surface area contributed by atoms with E-state index in [0.29, 0.717) is 72.9 Å². The Labute approximate surface area is 287 Å². The van der Waals surface area contributed by atoms with Gasteiger partial charge in [-0.05, 0) is 71.5 Å². The lowest BCUT2D eigenvalue weighted by molar-refractivity contribution is -0.0589. The van der Waals surface area contributed by atoms with E-state index in [2.05, 4.69) is 11.1 Å². The number of pyridine rings is 1. The Bertz CT molecular complexity index is 2100. The standard InChI is InChI=1S/C38H35FN4O7/c1-46-12-13-49-33-17-28(38(44)45)16-32-37(33)41-34(43(32)20-30-9-11-48-30)18-24-4-5-26-15-29(24)21-47-10-8-25-14-23(19-40)2-3-27(25)22-50-35-7-6-31(39)36(26)42-35/h2-7,14-17,30H,8-13,18,20-22H2,1H3,(H,44,45)/t30-/m0/s1. The molecule has 0 unspecified atom stereocenters. The number of aromatic nitrogens is 3. The van der Waals surface area contributed by atoms with Crippen molar-refractivity contribution in [2.75, 3.05) is 33.5 Å². The molecule has 4 heterocycles. The van der Waals surface area contributed by atoms with Gasteiger partial charge in [-0.2, -0.15) is 5.26 Å². The number of fused-ring (bicyclic) bond motifs is 7. The molecule has 0 amide bonds. The van der Waals surface area contributed by atoms with Gasteiger partial charge in [0.05, 0.1) is 55.2 Å². The van der Waals surface area contributed by atoms with Gasteiger partial charge in [0.2, 0.25) is 5.88 Å². The van der Waals surface area contributed by atoms with Crippen molar-refractivity contribution in [3.05, 3.63) is 106 Å². The van der Waals surface area contributed by atoms with Crippen molar-refractivity contribution in [2.45, 2.75) is 45.1 Å². The van der Waals surface area contributed by atoms with Gasteiger partial charge in [0, 0.05) is 31.8 Å². The Hall–Kier alpha value is -5.35. The van der Waals surface area contributed by atoms with Crippen LogP contribution in [0.2, 0.25) is 0 Å². The molecule has 2 aliphatic heterocycles. The number of ether oxygens (including phenoxy) is 5. The minimum atomic E-state index is -1.07. The summed E-state index contributed by atoms with van der Waals surface area (Å²) in [6.45, 7) is 2.53. The fourth-order valence-electron chi connectivity index (χ4n) is 6.22. The highest BCUT2D eigenvalue weighted by Gasteiger charge is 2.25. The number of methoxy groups -OCH3 is 1. The summed E-state index contributed by atoms with van der Waals surface area (Å²) >= 11 is 0. The Balaban J connectivity index is 1.29. The van der Waals surface area contributed by atoms with Gasteiger partial charge in [-0.3, -0.25) is 0 Å². The lowest BCUT2D eigenvalue weighted by atomic mass is 9.99. The van der Waals surface area contributed by atoms with E-state index < -0.39 is 11.8 Å². The molecule has 2 aliphatic rings. The maximum atomic E-state index is 15.2. The van der Waals surface area contributed by atoms with Gasteiger partial charge < -0.3 is 33.4 Å². The van der Waals surface area contributed by atoms with E-state index in [1.807, 2.05) is 34.9 Å².